The molecule has 0 amide bonds. The van der Waals surface area contributed by atoms with Crippen molar-refractivity contribution >= 4 is 12.2 Å². The Labute approximate surface area is 119 Å². The SMILES string of the molecule is C=Cc1ccc(C(O)C(O)c2ccc(C=C)cc2)cc1. The van der Waals surface area contributed by atoms with Gasteiger partial charge in [-0.05, 0) is 22.3 Å². The lowest BCUT2D eigenvalue weighted by molar-refractivity contribution is 0.0172. The van der Waals surface area contributed by atoms with E-state index in [-0.39, 0.29) is 0 Å². The normalized spacial score (nSPS) is 13.5. The summed E-state index contributed by atoms with van der Waals surface area (Å²) in [5.41, 5.74) is 3.31. The van der Waals surface area contributed by atoms with Crippen molar-refractivity contribution < 1.29 is 10.2 Å². The second-order valence-corrected chi connectivity index (χ2v) is 4.63. The summed E-state index contributed by atoms with van der Waals surface area (Å²) in [7, 11) is 0. The van der Waals surface area contributed by atoms with Crippen LogP contribution in [0.4, 0.5) is 0 Å². The molecule has 0 saturated heterocycles. The fraction of sp³-hybridized carbons (Fsp3) is 0.111. The van der Waals surface area contributed by atoms with Crippen LogP contribution in [0.3, 0.4) is 0 Å². The number of aliphatic hydroxyl groups is 2. The molecule has 0 fully saturated rings. The summed E-state index contributed by atoms with van der Waals surface area (Å²) in [6.07, 6.45) is 1.56. The zero-order valence-electron chi connectivity index (χ0n) is 11.2. The molecule has 2 aromatic carbocycles. The lowest BCUT2D eigenvalue weighted by Crippen LogP contribution is -2.10. The minimum Gasteiger partial charge on any atom is -0.385 e. The van der Waals surface area contributed by atoms with Crippen LogP contribution < -0.4 is 0 Å². The van der Waals surface area contributed by atoms with Crippen LogP contribution in [0.15, 0.2) is 61.7 Å². The molecule has 0 spiro atoms. The van der Waals surface area contributed by atoms with Crippen molar-refractivity contribution in [2.45, 2.75) is 12.2 Å². The Bertz CT molecular complexity index is 526. The maximum atomic E-state index is 10.2. The van der Waals surface area contributed by atoms with Crippen LogP contribution in [0.5, 0.6) is 0 Å². The highest BCUT2D eigenvalue weighted by Gasteiger charge is 2.19. The number of rotatable bonds is 5. The molecule has 102 valence electrons. The predicted octanol–water partition coefficient (Wildman–Crippen LogP) is 3.74. The summed E-state index contributed by atoms with van der Waals surface area (Å²) in [6.45, 7) is 7.37. The molecule has 0 heterocycles. The van der Waals surface area contributed by atoms with Gasteiger partial charge in [0.15, 0.2) is 0 Å². The molecule has 0 aliphatic rings. The molecule has 0 aliphatic heterocycles. The van der Waals surface area contributed by atoms with Crippen molar-refractivity contribution in [2.75, 3.05) is 0 Å². The Morgan fingerprint density at radius 3 is 1.20 bits per heavy atom. The monoisotopic (exact) mass is 266 g/mol. The Balaban J connectivity index is 2.19. The van der Waals surface area contributed by atoms with Crippen molar-refractivity contribution in [3.63, 3.8) is 0 Å². The molecule has 2 aromatic rings. The van der Waals surface area contributed by atoms with E-state index < -0.39 is 12.2 Å². The molecule has 0 radical (unpaired) electrons. The summed E-state index contributed by atoms with van der Waals surface area (Å²) < 4.78 is 0. The predicted molar refractivity (Wildman–Crippen MR) is 83.0 cm³/mol. The maximum Gasteiger partial charge on any atom is 0.109 e. The van der Waals surface area contributed by atoms with Crippen LogP contribution >= 0.6 is 0 Å². The highest BCUT2D eigenvalue weighted by molar-refractivity contribution is 5.48. The van der Waals surface area contributed by atoms with E-state index in [1.807, 2.05) is 24.3 Å². The quantitative estimate of drug-likeness (QED) is 0.865. The first-order chi connectivity index (χ1) is 9.65. The van der Waals surface area contributed by atoms with Gasteiger partial charge in [-0.1, -0.05) is 73.8 Å². The van der Waals surface area contributed by atoms with Gasteiger partial charge in [0.1, 0.15) is 12.2 Å². The lowest BCUT2D eigenvalue weighted by Gasteiger charge is -2.19. The molecule has 0 saturated carbocycles. The van der Waals surface area contributed by atoms with Crippen LogP contribution in [0, 0.1) is 0 Å². The Kier molecular flexibility index (Phi) is 4.51. The van der Waals surface area contributed by atoms with Gasteiger partial charge >= 0.3 is 0 Å². The number of benzene rings is 2. The van der Waals surface area contributed by atoms with Crippen molar-refractivity contribution in [3.05, 3.63) is 83.9 Å². The third-order valence-electron chi connectivity index (χ3n) is 3.33. The molecule has 0 aliphatic carbocycles. The first-order valence-corrected chi connectivity index (χ1v) is 6.46. The standard InChI is InChI=1S/C18H18O2/c1-3-13-5-9-15(10-6-13)17(19)18(20)16-11-7-14(4-2)8-12-16/h3-12,17-20H,1-2H2. The van der Waals surface area contributed by atoms with Crippen LogP contribution in [0.2, 0.25) is 0 Å². The fourth-order valence-electron chi connectivity index (χ4n) is 2.02. The Morgan fingerprint density at radius 2 is 0.950 bits per heavy atom. The maximum absolute atomic E-state index is 10.2. The molecule has 2 rings (SSSR count). The van der Waals surface area contributed by atoms with Gasteiger partial charge < -0.3 is 10.2 Å². The molecular formula is C18H18O2. The zero-order chi connectivity index (χ0) is 14.5. The molecule has 2 N–H and O–H groups in total. The summed E-state index contributed by atoms with van der Waals surface area (Å²) in [5, 5.41) is 20.5. The second kappa shape index (κ2) is 6.33. The van der Waals surface area contributed by atoms with E-state index in [0.717, 1.165) is 11.1 Å². The molecule has 0 aromatic heterocycles. The Hall–Kier alpha value is -2.16. The summed E-state index contributed by atoms with van der Waals surface area (Å²) in [6, 6.07) is 14.6. The van der Waals surface area contributed by atoms with Gasteiger partial charge in [0, 0.05) is 0 Å². The number of hydrogen-bond acceptors (Lipinski definition) is 2. The summed E-state index contributed by atoms with van der Waals surface area (Å²) >= 11 is 0. The average Bonchev–Trinajstić information content (AvgIpc) is 2.53. The molecule has 20 heavy (non-hydrogen) atoms. The van der Waals surface area contributed by atoms with Gasteiger partial charge in [0.25, 0.3) is 0 Å². The zero-order valence-corrected chi connectivity index (χ0v) is 11.2. The van der Waals surface area contributed by atoms with E-state index in [1.165, 1.54) is 0 Å². The smallest absolute Gasteiger partial charge is 0.109 e. The van der Waals surface area contributed by atoms with Gasteiger partial charge in [-0.3, -0.25) is 0 Å². The molecule has 2 atom stereocenters. The molecule has 2 heteroatoms. The third kappa shape index (κ3) is 3.05. The molecule has 0 bridgehead atoms. The fourth-order valence-corrected chi connectivity index (χ4v) is 2.02. The van der Waals surface area contributed by atoms with Crippen molar-refractivity contribution in [3.8, 4) is 0 Å². The highest BCUT2D eigenvalue weighted by Crippen LogP contribution is 2.29. The van der Waals surface area contributed by atoms with E-state index in [9.17, 15) is 10.2 Å². The minimum absolute atomic E-state index is 0.677. The Morgan fingerprint density at radius 1 is 0.650 bits per heavy atom. The summed E-state index contributed by atoms with van der Waals surface area (Å²) in [4.78, 5) is 0. The van der Waals surface area contributed by atoms with Gasteiger partial charge in [-0.2, -0.15) is 0 Å². The summed E-state index contributed by atoms with van der Waals surface area (Å²) in [5.74, 6) is 0. The topological polar surface area (TPSA) is 40.5 Å². The van der Waals surface area contributed by atoms with Gasteiger partial charge in [0.2, 0.25) is 0 Å². The van der Waals surface area contributed by atoms with Crippen LogP contribution in [0.25, 0.3) is 12.2 Å². The van der Waals surface area contributed by atoms with E-state index in [0.29, 0.717) is 11.1 Å². The van der Waals surface area contributed by atoms with Crippen molar-refractivity contribution in [1.29, 1.82) is 0 Å². The van der Waals surface area contributed by atoms with Crippen molar-refractivity contribution in [2.24, 2.45) is 0 Å². The van der Waals surface area contributed by atoms with Gasteiger partial charge in [-0.15, -0.1) is 0 Å². The van der Waals surface area contributed by atoms with Crippen LogP contribution in [-0.2, 0) is 0 Å². The largest absolute Gasteiger partial charge is 0.385 e. The van der Waals surface area contributed by atoms with Crippen LogP contribution in [-0.4, -0.2) is 10.2 Å². The highest BCUT2D eigenvalue weighted by atomic mass is 16.3. The van der Waals surface area contributed by atoms with Gasteiger partial charge in [-0.25, -0.2) is 0 Å². The van der Waals surface area contributed by atoms with E-state index >= 15 is 0 Å². The van der Waals surface area contributed by atoms with E-state index in [2.05, 4.69) is 13.2 Å². The number of aliphatic hydroxyl groups excluding tert-OH is 2. The second-order valence-electron chi connectivity index (χ2n) is 4.63. The minimum atomic E-state index is -0.955. The number of hydrogen-bond donors (Lipinski definition) is 2. The molecular weight excluding hydrogens is 248 g/mol. The van der Waals surface area contributed by atoms with Crippen molar-refractivity contribution in [1.82, 2.24) is 0 Å². The first kappa shape index (κ1) is 14.3. The van der Waals surface area contributed by atoms with Gasteiger partial charge in [0.05, 0.1) is 0 Å². The molecule has 2 unspecified atom stereocenters. The van der Waals surface area contributed by atoms with E-state index in [4.69, 9.17) is 0 Å². The lowest BCUT2D eigenvalue weighted by atomic mass is 9.97. The molecule has 2 nitrogen and oxygen atoms in total. The average molecular weight is 266 g/mol. The van der Waals surface area contributed by atoms with Crippen LogP contribution in [0.1, 0.15) is 34.5 Å². The first-order valence-electron chi connectivity index (χ1n) is 6.46. The third-order valence-corrected chi connectivity index (χ3v) is 3.33. The van der Waals surface area contributed by atoms with E-state index in [1.54, 1.807) is 36.4 Å².